The number of carbonyl (C=O) groups is 3. The van der Waals surface area contributed by atoms with Crippen LogP contribution in [0.1, 0.15) is 32.1 Å². The second kappa shape index (κ2) is 7.65. The minimum absolute atomic E-state index is 0.0515. The number of carbonyl (C=O) groups excluding carboxylic acids is 3. The second-order valence-electron chi connectivity index (χ2n) is 7.87. The lowest BCUT2D eigenvalue weighted by Crippen LogP contribution is -2.38. The van der Waals surface area contributed by atoms with Crippen LogP contribution in [0.15, 0.2) is 48.5 Å². The summed E-state index contributed by atoms with van der Waals surface area (Å²) in [5.74, 6) is -0.433. The van der Waals surface area contributed by atoms with E-state index in [0.29, 0.717) is 32.1 Å². The molecule has 1 aliphatic heterocycles. The molecule has 6 nitrogen and oxygen atoms in total. The van der Waals surface area contributed by atoms with Gasteiger partial charge in [0.1, 0.15) is 5.01 Å². The average Bonchev–Trinajstić information content (AvgIpc) is 3.47. The van der Waals surface area contributed by atoms with Crippen molar-refractivity contribution in [2.24, 2.45) is 5.92 Å². The summed E-state index contributed by atoms with van der Waals surface area (Å²) in [6, 6.07) is 15.6. The van der Waals surface area contributed by atoms with Crippen LogP contribution in [0.5, 0.6) is 0 Å². The lowest BCUT2D eigenvalue weighted by atomic mass is 10.1. The third-order valence-electron chi connectivity index (χ3n) is 5.92. The standard InChI is InChI=1S/C23H21N3O3S/c27-20-11-12-21(28)26(20)17-10-7-15(13-17)22(29)24-16-8-5-14(6-9-16)23-25-18-3-1-2-4-19(18)30-23/h1-6,8-9,15,17H,7,10-13H2,(H,24,29). The highest BCUT2D eigenvalue weighted by Gasteiger charge is 2.40. The third kappa shape index (κ3) is 3.50. The number of rotatable bonds is 4. The molecule has 30 heavy (non-hydrogen) atoms. The largest absolute Gasteiger partial charge is 0.326 e. The van der Waals surface area contributed by atoms with Gasteiger partial charge in [0.15, 0.2) is 0 Å². The van der Waals surface area contributed by atoms with Gasteiger partial charge in [-0.3, -0.25) is 19.3 Å². The van der Waals surface area contributed by atoms with Crippen molar-refractivity contribution in [2.75, 3.05) is 5.32 Å². The number of imide groups is 1. The number of nitrogens with one attached hydrogen (secondary N) is 1. The fraction of sp³-hybridized carbons (Fsp3) is 0.304. The predicted octanol–water partition coefficient (Wildman–Crippen LogP) is 4.22. The zero-order chi connectivity index (χ0) is 20.7. The van der Waals surface area contributed by atoms with E-state index in [1.165, 1.54) is 4.90 Å². The fourth-order valence-corrected chi connectivity index (χ4v) is 5.34. The molecule has 2 aromatic carbocycles. The molecule has 2 aliphatic rings. The van der Waals surface area contributed by atoms with Crippen LogP contribution in [-0.2, 0) is 14.4 Å². The minimum atomic E-state index is -0.180. The molecule has 3 aromatic rings. The summed E-state index contributed by atoms with van der Waals surface area (Å²) < 4.78 is 1.15. The van der Waals surface area contributed by atoms with Crippen molar-refractivity contribution in [1.82, 2.24) is 9.88 Å². The third-order valence-corrected chi connectivity index (χ3v) is 7.01. The van der Waals surface area contributed by atoms with E-state index in [2.05, 4.69) is 16.4 Å². The van der Waals surface area contributed by atoms with E-state index < -0.39 is 0 Å². The number of amides is 3. The Morgan fingerprint density at radius 2 is 1.73 bits per heavy atom. The Labute approximate surface area is 177 Å². The molecule has 2 atom stereocenters. The van der Waals surface area contributed by atoms with Crippen LogP contribution < -0.4 is 5.32 Å². The number of benzene rings is 2. The van der Waals surface area contributed by atoms with Crippen LogP contribution in [0.2, 0.25) is 0 Å². The van der Waals surface area contributed by atoms with Gasteiger partial charge in [-0.25, -0.2) is 4.98 Å². The van der Waals surface area contributed by atoms with Crippen LogP contribution in [0.3, 0.4) is 0 Å². The smallest absolute Gasteiger partial charge is 0.229 e. The molecule has 1 saturated heterocycles. The molecule has 7 heteroatoms. The molecule has 0 radical (unpaired) electrons. The Bertz CT molecular complexity index is 1090. The van der Waals surface area contributed by atoms with Crippen molar-refractivity contribution in [1.29, 1.82) is 0 Å². The van der Waals surface area contributed by atoms with Crippen molar-refractivity contribution in [3.8, 4) is 10.6 Å². The summed E-state index contributed by atoms with van der Waals surface area (Å²) in [6.45, 7) is 0. The maximum absolute atomic E-state index is 12.7. The number of anilines is 1. The van der Waals surface area contributed by atoms with Gasteiger partial charge in [-0.05, 0) is 55.7 Å². The van der Waals surface area contributed by atoms with Crippen molar-refractivity contribution >= 4 is 45.0 Å². The Morgan fingerprint density at radius 1 is 1.00 bits per heavy atom. The number of aromatic nitrogens is 1. The van der Waals surface area contributed by atoms with Crippen molar-refractivity contribution < 1.29 is 14.4 Å². The van der Waals surface area contributed by atoms with Crippen molar-refractivity contribution in [3.63, 3.8) is 0 Å². The predicted molar refractivity (Wildman–Crippen MR) is 116 cm³/mol. The molecule has 2 heterocycles. The maximum Gasteiger partial charge on any atom is 0.229 e. The summed E-state index contributed by atoms with van der Waals surface area (Å²) in [5.41, 5.74) is 2.74. The van der Waals surface area contributed by atoms with E-state index in [9.17, 15) is 14.4 Å². The zero-order valence-corrected chi connectivity index (χ0v) is 17.2. The lowest BCUT2D eigenvalue weighted by molar-refractivity contribution is -0.141. The molecule has 0 bridgehead atoms. The summed E-state index contributed by atoms with van der Waals surface area (Å²) in [6.07, 6.45) is 2.54. The van der Waals surface area contributed by atoms with Gasteiger partial charge in [-0.1, -0.05) is 12.1 Å². The molecular weight excluding hydrogens is 398 g/mol. The Kier molecular flexibility index (Phi) is 4.83. The molecule has 3 amide bonds. The van der Waals surface area contributed by atoms with Gasteiger partial charge in [0.25, 0.3) is 0 Å². The molecule has 2 unspecified atom stereocenters. The highest BCUT2D eigenvalue weighted by atomic mass is 32.1. The first kappa shape index (κ1) is 18.9. The van der Waals surface area contributed by atoms with Gasteiger partial charge < -0.3 is 5.32 Å². The van der Waals surface area contributed by atoms with Crippen LogP contribution in [0.4, 0.5) is 5.69 Å². The summed E-state index contributed by atoms with van der Waals surface area (Å²) in [7, 11) is 0. The van der Waals surface area contributed by atoms with E-state index >= 15 is 0 Å². The fourth-order valence-electron chi connectivity index (χ4n) is 4.37. The lowest BCUT2D eigenvalue weighted by Gasteiger charge is -2.21. The number of nitrogens with zero attached hydrogens (tertiary/aromatic N) is 2. The number of fused-ring (bicyclic) bond motifs is 1. The van der Waals surface area contributed by atoms with Crippen molar-refractivity contribution in [2.45, 2.75) is 38.1 Å². The summed E-state index contributed by atoms with van der Waals surface area (Å²) >= 11 is 1.64. The van der Waals surface area contributed by atoms with Gasteiger partial charge in [0.2, 0.25) is 17.7 Å². The van der Waals surface area contributed by atoms with Gasteiger partial charge in [0.05, 0.1) is 10.2 Å². The van der Waals surface area contributed by atoms with Gasteiger partial charge in [-0.15, -0.1) is 11.3 Å². The van der Waals surface area contributed by atoms with E-state index in [1.54, 1.807) is 11.3 Å². The molecule has 152 valence electrons. The highest BCUT2D eigenvalue weighted by molar-refractivity contribution is 7.21. The normalized spacial score (nSPS) is 21.5. The molecule has 1 aromatic heterocycles. The molecule has 1 saturated carbocycles. The first-order valence-corrected chi connectivity index (χ1v) is 11.0. The number of para-hydroxylation sites is 1. The number of hydrogen-bond acceptors (Lipinski definition) is 5. The first-order chi connectivity index (χ1) is 14.6. The highest BCUT2D eigenvalue weighted by Crippen LogP contribution is 2.34. The Balaban J connectivity index is 1.23. The van der Waals surface area contributed by atoms with Crippen LogP contribution in [0.25, 0.3) is 20.8 Å². The monoisotopic (exact) mass is 419 g/mol. The van der Waals surface area contributed by atoms with Gasteiger partial charge >= 0.3 is 0 Å². The maximum atomic E-state index is 12.7. The van der Waals surface area contributed by atoms with E-state index in [1.807, 2.05) is 42.5 Å². The second-order valence-corrected chi connectivity index (χ2v) is 8.91. The number of likely N-dealkylation sites (tertiary alicyclic amines) is 1. The molecular formula is C23H21N3O3S. The van der Waals surface area contributed by atoms with E-state index in [4.69, 9.17) is 0 Å². The van der Waals surface area contributed by atoms with Gasteiger partial charge in [-0.2, -0.15) is 0 Å². The summed E-state index contributed by atoms with van der Waals surface area (Å²) in [4.78, 5) is 42.6. The first-order valence-electron chi connectivity index (χ1n) is 10.2. The topological polar surface area (TPSA) is 79.4 Å². The summed E-state index contributed by atoms with van der Waals surface area (Å²) in [5, 5.41) is 3.93. The Morgan fingerprint density at radius 3 is 2.47 bits per heavy atom. The quantitative estimate of drug-likeness (QED) is 0.642. The number of thiazole rings is 1. The van der Waals surface area contributed by atoms with Gasteiger partial charge in [0, 0.05) is 36.1 Å². The average molecular weight is 420 g/mol. The molecule has 0 spiro atoms. The molecule has 1 aliphatic carbocycles. The number of hydrogen-bond donors (Lipinski definition) is 1. The van der Waals surface area contributed by atoms with Crippen LogP contribution in [0, 0.1) is 5.92 Å². The van der Waals surface area contributed by atoms with E-state index in [0.717, 1.165) is 26.5 Å². The zero-order valence-electron chi connectivity index (χ0n) is 16.3. The van der Waals surface area contributed by atoms with Crippen LogP contribution in [-0.4, -0.2) is 33.6 Å². The SMILES string of the molecule is O=C(Nc1ccc(-c2nc3ccccc3s2)cc1)C1CCC(N2C(=O)CCC2=O)C1. The van der Waals surface area contributed by atoms with E-state index in [-0.39, 0.29) is 29.7 Å². The van der Waals surface area contributed by atoms with Crippen LogP contribution >= 0.6 is 11.3 Å². The molecule has 1 N–H and O–H groups in total. The van der Waals surface area contributed by atoms with Crippen molar-refractivity contribution in [3.05, 3.63) is 48.5 Å². The minimum Gasteiger partial charge on any atom is -0.326 e. The molecule has 2 fully saturated rings. The Hall–Kier alpha value is -3.06. The molecule has 5 rings (SSSR count).